The number of amides is 1. The molecule has 2 fully saturated rings. The van der Waals surface area contributed by atoms with Crippen LogP contribution in [-0.4, -0.2) is 25.0 Å². The zero-order valence-electron chi connectivity index (χ0n) is 14.0. The fourth-order valence-electron chi connectivity index (χ4n) is 4.04. The van der Waals surface area contributed by atoms with E-state index in [9.17, 15) is 9.18 Å². The quantitative estimate of drug-likeness (QED) is 0.840. The predicted molar refractivity (Wildman–Crippen MR) is 94.8 cm³/mol. The number of hydrogen-bond acceptors (Lipinski definition) is 2. The molecule has 1 unspecified atom stereocenters. The molecule has 0 spiro atoms. The highest BCUT2D eigenvalue weighted by Crippen LogP contribution is 2.39. The van der Waals surface area contributed by atoms with Crippen molar-refractivity contribution in [3.8, 4) is 0 Å². The SMILES string of the molecule is O=C1CC(NCC[C@H]2CC[C@H](c3ccc(F)cc3Cl)CC2)CCN1. The Hall–Kier alpha value is -1.13. The second-order valence-corrected chi connectivity index (χ2v) is 7.57. The first-order chi connectivity index (χ1) is 11.6. The van der Waals surface area contributed by atoms with Crippen molar-refractivity contribution < 1.29 is 9.18 Å². The van der Waals surface area contributed by atoms with E-state index in [-0.39, 0.29) is 11.7 Å². The zero-order chi connectivity index (χ0) is 16.9. The van der Waals surface area contributed by atoms with Crippen LogP contribution in [0.1, 0.15) is 56.4 Å². The molecule has 1 saturated heterocycles. The third-order valence-electron chi connectivity index (χ3n) is 5.48. The van der Waals surface area contributed by atoms with Crippen LogP contribution < -0.4 is 10.6 Å². The van der Waals surface area contributed by atoms with E-state index >= 15 is 0 Å². The van der Waals surface area contributed by atoms with Gasteiger partial charge in [0, 0.05) is 24.0 Å². The number of piperidine rings is 1. The largest absolute Gasteiger partial charge is 0.356 e. The minimum Gasteiger partial charge on any atom is -0.356 e. The van der Waals surface area contributed by atoms with Crippen LogP contribution in [0, 0.1) is 11.7 Å². The summed E-state index contributed by atoms with van der Waals surface area (Å²) in [5.74, 6) is 1.10. The van der Waals surface area contributed by atoms with Gasteiger partial charge >= 0.3 is 0 Å². The van der Waals surface area contributed by atoms with E-state index in [2.05, 4.69) is 10.6 Å². The Labute approximate surface area is 148 Å². The lowest BCUT2D eigenvalue weighted by Crippen LogP contribution is -2.43. The smallest absolute Gasteiger partial charge is 0.221 e. The fraction of sp³-hybridized carbons (Fsp3) is 0.632. The number of nitrogens with one attached hydrogen (secondary N) is 2. The number of carbonyl (C=O) groups is 1. The number of rotatable bonds is 5. The molecule has 1 atom stereocenters. The van der Waals surface area contributed by atoms with Crippen molar-refractivity contribution in [1.82, 2.24) is 10.6 Å². The molecule has 1 amide bonds. The van der Waals surface area contributed by atoms with Gasteiger partial charge < -0.3 is 10.6 Å². The van der Waals surface area contributed by atoms with Crippen LogP contribution in [-0.2, 0) is 4.79 Å². The number of carbonyl (C=O) groups excluding carboxylic acids is 1. The molecule has 2 aliphatic rings. The van der Waals surface area contributed by atoms with E-state index in [1.807, 2.05) is 6.07 Å². The van der Waals surface area contributed by atoms with E-state index in [0.717, 1.165) is 43.8 Å². The molecule has 1 aliphatic heterocycles. The molecule has 0 bridgehead atoms. The average molecular weight is 353 g/mol. The van der Waals surface area contributed by atoms with Gasteiger partial charge in [0.25, 0.3) is 0 Å². The van der Waals surface area contributed by atoms with E-state index in [1.165, 1.54) is 31.4 Å². The Morgan fingerprint density at radius 1 is 1.21 bits per heavy atom. The van der Waals surface area contributed by atoms with Crippen molar-refractivity contribution in [2.75, 3.05) is 13.1 Å². The van der Waals surface area contributed by atoms with Crippen molar-refractivity contribution in [2.45, 2.75) is 56.9 Å². The summed E-state index contributed by atoms with van der Waals surface area (Å²) in [6.45, 7) is 1.78. The van der Waals surface area contributed by atoms with Crippen molar-refractivity contribution in [2.24, 2.45) is 5.92 Å². The normalized spacial score (nSPS) is 27.8. The zero-order valence-corrected chi connectivity index (χ0v) is 14.7. The minimum absolute atomic E-state index is 0.162. The van der Waals surface area contributed by atoms with Crippen LogP contribution >= 0.6 is 11.6 Å². The van der Waals surface area contributed by atoms with Gasteiger partial charge in [-0.05, 0) is 74.6 Å². The topological polar surface area (TPSA) is 41.1 Å². The lowest BCUT2D eigenvalue weighted by molar-refractivity contribution is -0.122. The first-order valence-corrected chi connectivity index (χ1v) is 9.44. The molecule has 1 heterocycles. The van der Waals surface area contributed by atoms with E-state index in [1.54, 1.807) is 0 Å². The van der Waals surface area contributed by atoms with Crippen LogP contribution in [0.5, 0.6) is 0 Å². The Balaban J connectivity index is 1.40. The Morgan fingerprint density at radius 2 is 2.00 bits per heavy atom. The molecule has 0 aromatic heterocycles. The Bertz CT molecular complexity index is 572. The van der Waals surface area contributed by atoms with E-state index < -0.39 is 0 Å². The van der Waals surface area contributed by atoms with Crippen molar-refractivity contribution in [1.29, 1.82) is 0 Å². The molecular weight excluding hydrogens is 327 g/mol. The van der Waals surface area contributed by atoms with Crippen LogP contribution in [0.15, 0.2) is 18.2 Å². The van der Waals surface area contributed by atoms with Crippen molar-refractivity contribution in [3.63, 3.8) is 0 Å². The van der Waals surface area contributed by atoms with Crippen LogP contribution in [0.3, 0.4) is 0 Å². The highest BCUT2D eigenvalue weighted by molar-refractivity contribution is 6.31. The van der Waals surface area contributed by atoms with Gasteiger partial charge in [0.15, 0.2) is 0 Å². The number of benzene rings is 1. The van der Waals surface area contributed by atoms with Gasteiger partial charge in [-0.1, -0.05) is 17.7 Å². The molecule has 1 aliphatic carbocycles. The van der Waals surface area contributed by atoms with Crippen LogP contribution in [0.2, 0.25) is 5.02 Å². The predicted octanol–water partition coefficient (Wildman–Crippen LogP) is 4.01. The van der Waals surface area contributed by atoms with Gasteiger partial charge in [-0.15, -0.1) is 0 Å². The van der Waals surface area contributed by atoms with Gasteiger partial charge in [-0.2, -0.15) is 0 Å². The molecule has 1 saturated carbocycles. The lowest BCUT2D eigenvalue weighted by Gasteiger charge is -2.30. The second-order valence-electron chi connectivity index (χ2n) is 7.17. The summed E-state index contributed by atoms with van der Waals surface area (Å²) < 4.78 is 13.2. The molecular formula is C19H26ClFN2O. The molecule has 2 N–H and O–H groups in total. The first kappa shape index (κ1) is 17.7. The standard InChI is InChI=1S/C19H26ClFN2O/c20-18-11-15(21)5-6-17(18)14-3-1-13(2-4-14)7-9-22-16-8-10-23-19(24)12-16/h5-6,11,13-14,16,22H,1-4,7-10,12H2,(H,23,24)/t13-,14-,16?. The van der Waals surface area contributed by atoms with E-state index in [0.29, 0.717) is 23.4 Å². The van der Waals surface area contributed by atoms with E-state index in [4.69, 9.17) is 11.6 Å². The maximum atomic E-state index is 13.2. The Kier molecular flexibility index (Phi) is 6.12. The third-order valence-corrected chi connectivity index (χ3v) is 5.81. The highest BCUT2D eigenvalue weighted by atomic mass is 35.5. The van der Waals surface area contributed by atoms with Crippen molar-refractivity contribution >= 4 is 17.5 Å². The minimum atomic E-state index is -0.264. The molecule has 1 aromatic carbocycles. The summed E-state index contributed by atoms with van der Waals surface area (Å²) >= 11 is 6.20. The monoisotopic (exact) mass is 352 g/mol. The third kappa shape index (κ3) is 4.70. The maximum Gasteiger partial charge on any atom is 0.221 e. The molecule has 3 rings (SSSR count). The van der Waals surface area contributed by atoms with Crippen molar-refractivity contribution in [3.05, 3.63) is 34.6 Å². The van der Waals surface area contributed by atoms with Gasteiger partial charge in [0.2, 0.25) is 5.91 Å². The average Bonchev–Trinajstić information content (AvgIpc) is 2.56. The van der Waals surface area contributed by atoms with Crippen LogP contribution in [0.4, 0.5) is 4.39 Å². The highest BCUT2D eigenvalue weighted by Gasteiger charge is 2.24. The molecule has 1 aromatic rings. The molecule has 132 valence electrons. The molecule has 3 nitrogen and oxygen atoms in total. The summed E-state index contributed by atoms with van der Waals surface area (Å²) in [4.78, 5) is 11.4. The van der Waals surface area contributed by atoms with Gasteiger partial charge in [0.05, 0.1) is 0 Å². The van der Waals surface area contributed by atoms with Gasteiger partial charge in [-0.3, -0.25) is 4.79 Å². The Morgan fingerprint density at radius 3 is 2.71 bits per heavy atom. The van der Waals surface area contributed by atoms with Gasteiger partial charge in [0.1, 0.15) is 5.82 Å². The van der Waals surface area contributed by atoms with Crippen LogP contribution in [0.25, 0.3) is 0 Å². The number of hydrogen-bond donors (Lipinski definition) is 2. The first-order valence-electron chi connectivity index (χ1n) is 9.07. The fourth-order valence-corrected chi connectivity index (χ4v) is 4.37. The maximum absolute atomic E-state index is 13.2. The summed E-state index contributed by atoms with van der Waals surface area (Å²) in [5.41, 5.74) is 1.10. The van der Waals surface area contributed by atoms with Gasteiger partial charge in [-0.25, -0.2) is 4.39 Å². The summed E-state index contributed by atoms with van der Waals surface area (Å²) in [6, 6.07) is 5.12. The lowest BCUT2D eigenvalue weighted by atomic mass is 9.77. The summed E-state index contributed by atoms with van der Waals surface area (Å²) in [5, 5.41) is 6.97. The molecule has 24 heavy (non-hydrogen) atoms. The second kappa shape index (κ2) is 8.30. The summed E-state index contributed by atoms with van der Waals surface area (Å²) in [6.07, 6.45) is 7.46. The molecule has 0 radical (unpaired) electrons. The molecule has 5 heteroatoms. The summed E-state index contributed by atoms with van der Waals surface area (Å²) in [7, 11) is 0. The number of halogens is 2.